The lowest BCUT2D eigenvalue weighted by molar-refractivity contribution is 0.490. The second kappa shape index (κ2) is 10.5. The molecule has 0 aliphatic carbocycles. The van der Waals surface area contributed by atoms with Crippen LogP contribution in [0.2, 0.25) is 0 Å². The van der Waals surface area contributed by atoms with Gasteiger partial charge in [-0.3, -0.25) is 4.98 Å². The van der Waals surface area contributed by atoms with Crippen LogP contribution in [0.25, 0.3) is 22.3 Å². The second-order valence-electron chi connectivity index (χ2n) is 7.72. The molecule has 2 N–H and O–H groups in total. The molecule has 2 aromatic heterocycles. The maximum atomic E-state index is 14.5. The Labute approximate surface area is 206 Å². The Morgan fingerprint density at radius 3 is 2.46 bits per heavy atom. The highest BCUT2D eigenvalue weighted by Gasteiger charge is 2.13. The fourth-order valence-corrected chi connectivity index (χ4v) is 4.07. The first-order valence-electron chi connectivity index (χ1n) is 11.0. The maximum absolute atomic E-state index is 14.5. The van der Waals surface area contributed by atoms with Gasteiger partial charge in [-0.2, -0.15) is 0 Å². The van der Waals surface area contributed by atoms with Crippen LogP contribution in [-0.2, 0) is 10.7 Å². The molecule has 0 aliphatic heterocycles. The second-order valence-corrected chi connectivity index (χ2v) is 8.69. The van der Waals surface area contributed by atoms with Gasteiger partial charge in [0.15, 0.2) is 5.82 Å². The number of benzene rings is 3. The van der Waals surface area contributed by atoms with Gasteiger partial charge in [-0.25, -0.2) is 14.4 Å². The van der Waals surface area contributed by atoms with Crippen molar-refractivity contribution in [2.45, 2.75) is 11.4 Å². The molecule has 174 valence electrons. The van der Waals surface area contributed by atoms with Crippen LogP contribution >= 0.6 is 12.0 Å². The van der Waals surface area contributed by atoms with Gasteiger partial charge in [0.05, 0.1) is 18.2 Å². The quantitative estimate of drug-likeness (QED) is 0.234. The number of pyridine rings is 1. The van der Waals surface area contributed by atoms with Gasteiger partial charge < -0.3 is 14.8 Å². The van der Waals surface area contributed by atoms with Crippen LogP contribution in [0.4, 0.5) is 21.6 Å². The summed E-state index contributed by atoms with van der Waals surface area (Å²) in [4.78, 5) is 14.5. The molecule has 6 nitrogen and oxygen atoms in total. The Morgan fingerprint density at radius 1 is 0.886 bits per heavy atom. The minimum atomic E-state index is -0.366. The zero-order valence-corrected chi connectivity index (χ0v) is 19.7. The first kappa shape index (κ1) is 22.8. The van der Waals surface area contributed by atoms with E-state index in [0.29, 0.717) is 29.3 Å². The molecule has 2 heterocycles. The Bertz CT molecular complexity index is 1450. The SMILES string of the molecule is COSc1ccc(CNc2ccc3nc(-c4ccccc4F)nc(Nc4ccncc4)c3c2)cc1. The summed E-state index contributed by atoms with van der Waals surface area (Å²) >= 11 is 1.33. The fourth-order valence-electron chi connectivity index (χ4n) is 3.63. The van der Waals surface area contributed by atoms with Crippen LogP contribution in [0.3, 0.4) is 0 Å². The van der Waals surface area contributed by atoms with Crippen LogP contribution in [0.15, 0.2) is 96.2 Å². The Morgan fingerprint density at radius 2 is 1.69 bits per heavy atom. The minimum absolute atomic E-state index is 0.321. The molecule has 0 spiro atoms. The monoisotopic (exact) mass is 483 g/mol. The highest BCUT2D eigenvalue weighted by molar-refractivity contribution is 7.94. The van der Waals surface area contributed by atoms with E-state index in [1.807, 2.05) is 42.5 Å². The van der Waals surface area contributed by atoms with Crippen molar-refractivity contribution in [3.8, 4) is 11.4 Å². The number of nitrogens with zero attached hydrogens (tertiary/aromatic N) is 3. The molecule has 0 saturated carbocycles. The normalized spacial score (nSPS) is 10.9. The van der Waals surface area contributed by atoms with Gasteiger partial charge in [-0.15, -0.1) is 0 Å². The molecule has 35 heavy (non-hydrogen) atoms. The standard InChI is InChI=1S/C27H22FN5OS/c1-34-35-21-9-6-18(7-10-21)17-30-20-8-11-25-23(16-20)27(31-19-12-14-29-15-13-19)33-26(32-25)22-4-2-3-5-24(22)28/h2-16,30H,17H2,1H3,(H,29,31,32,33). The van der Waals surface area contributed by atoms with E-state index in [9.17, 15) is 4.39 Å². The van der Waals surface area contributed by atoms with Crippen LogP contribution in [-0.4, -0.2) is 22.1 Å². The van der Waals surface area contributed by atoms with Crippen LogP contribution in [0.5, 0.6) is 0 Å². The summed E-state index contributed by atoms with van der Waals surface area (Å²) in [6, 6.07) is 24.3. The van der Waals surface area contributed by atoms with Gasteiger partial charge in [-0.1, -0.05) is 24.3 Å². The molecule has 0 saturated heterocycles. The molecule has 0 unspecified atom stereocenters. The van der Waals surface area contributed by atoms with E-state index >= 15 is 0 Å². The van der Waals surface area contributed by atoms with E-state index in [1.54, 1.807) is 37.7 Å². The van der Waals surface area contributed by atoms with E-state index in [0.717, 1.165) is 27.2 Å². The summed E-state index contributed by atoms with van der Waals surface area (Å²) in [5, 5.41) is 7.62. The number of rotatable bonds is 8. The van der Waals surface area contributed by atoms with E-state index < -0.39 is 0 Å². The molecule has 5 aromatic rings. The fraction of sp³-hybridized carbons (Fsp3) is 0.0741. The third kappa shape index (κ3) is 5.40. The Kier molecular flexibility index (Phi) is 6.83. The van der Waals surface area contributed by atoms with Crippen molar-refractivity contribution in [2.75, 3.05) is 17.7 Å². The van der Waals surface area contributed by atoms with E-state index in [-0.39, 0.29) is 5.82 Å². The first-order valence-corrected chi connectivity index (χ1v) is 11.7. The lowest BCUT2D eigenvalue weighted by atomic mass is 10.1. The third-order valence-electron chi connectivity index (χ3n) is 5.35. The topological polar surface area (TPSA) is 72.0 Å². The minimum Gasteiger partial charge on any atom is -0.381 e. The van der Waals surface area contributed by atoms with Crippen molar-refractivity contribution in [3.63, 3.8) is 0 Å². The molecule has 0 radical (unpaired) electrons. The Hall–Kier alpha value is -4.01. The van der Waals surface area contributed by atoms with E-state index in [4.69, 9.17) is 4.18 Å². The number of nitrogens with one attached hydrogen (secondary N) is 2. The first-order chi connectivity index (χ1) is 17.2. The number of hydrogen-bond acceptors (Lipinski definition) is 7. The zero-order chi connectivity index (χ0) is 24.0. The molecular weight excluding hydrogens is 461 g/mol. The van der Waals surface area contributed by atoms with Gasteiger partial charge in [0.2, 0.25) is 0 Å². The molecule has 0 bridgehead atoms. The number of hydrogen-bond donors (Lipinski definition) is 2. The highest BCUT2D eigenvalue weighted by atomic mass is 32.2. The van der Waals surface area contributed by atoms with Gasteiger partial charge in [0.1, 0.15) is 11.6 Å². The zero-order valence-electron chi connectivity index (χ0n) is 18.9. The molecule has 3 aromatic carbocycles. The predicted octanol–water partition coefficient (Wildman–Crippen LogP) is 6.84. The van der Waals surface area contributed by atoms with Gasteiger partial charge in [-0.05, 0) is 60.2 Å². The summed E-state index contributed by atoms with van der Waals surface area (Å²) in [6.07, 6.45) is 3.40. The van der Waals surface area contributed by atoms with Crippen molar-refractivity contribution in [2.24, 2.45) is 0 Å². The highest BCUT2D eigenvalue weighted by Crippen LogP contribution is 2.30. The molecule has 0 atom stereocenters. The van der Waals surface area contributed by atoms with Crippen LogP contribution in [0.1, 0.15) is 5.56 Å². The molecule has 0 aliphatic rings. The number of halogens is 1. The molecule has 8 heteroatoms. The number of aromatic nitrogens is 3. The largest absolute Gasteiger partial charge is 0.381 e. The average molecular weight is 484 g/mol. The van der Waals surface area contributed by atoms with Gasteiger partial charge in [0.25, 0.3) is 0 Å². The summed E-state index contributed by atoms with van der Waals surface area (Å²) in [5.74, 6) is 0.542. The predicted molar refractivity (Wildman–Crippen MR) is 139 cm³/mol. The third-order valence-corrected chi connectivity index (χ3v) is 5.98. The van der Waals surface area contributed by atoms with Crippen molar-refractivity contribution in [1.82, 2.24) is 15.0 Å². The van der Waals surface area contributed by atoms with Crippen molar-refractivity contribution < 1.29 is 8.57 Å². The molecule has 0 amide bonds. The average Bonchev–Trinajstić information content (AvgIpc) is 2.89. The summed E-state index contributed by atoms with van der Waals surface area (Å²) < 4.78 is 19.6. The lowest BCUT2D eigenvalue weighted by Gasteiger charge is -2.13. The van der Waals surface area contributed by atoms with Crippen molar-refractivity contribution in [3.05, 3.63) is 103 Å². The molecule has 5 rings (SSSR count). The smallest absolute Gasteiger partial charge is 0.165 e. The molecule has 0 fully saturated rings. The van der Waals surface area contributed by atoms with E-state index in [2.05, 4.69) is 37.7 Å². The Balaban J connectivity index is 1.48. The van der Waals surface area contributed by atoms with Crippen LogP contribution < -0.4 is 10.6 Å². The van der Waals surface area contributed by atoms with Gasteiger partial charge in [0, 0.05) is 52.6 Å². The van der Waals surface area contributed by atoms with Crippen molar-refractivity contribution >= 4 is 40.1 Å². The lowest BCUT2D eigenvalue weighted by Crippen LogP contribution is -2.02. The number of anilines is 3. The van der Waals surface area contributed by atoms with Crippen LogP contribution in [0, 0.1) is 5.82 Å². The van der Waals surface area contributed by atoms with E-state index in [1.165, 1.54) is 18.1 Å². The summed E-state index contributed by atoms with van der Waals surface area (Å²) in [6.45, 7) is 0.657. The van der Waals surface area contributed by atoms with Gasteiger partial charge >= 0.3 is 0 Å². The molecular formula is C27H22FN5OS. The summed E-state index contributed by atoms with van der Waals surface area (Å²) in [7, 11) is 1.65. The number of fused-ring (bicyclic) bond motifs is 1. The van der Waals surface area contributed by atoms with Crippen molar-refractivity contribution in [1.29, 1.82) is 0 Å². The maximum Gasteiger partial charge on any atom is 0.165 e. The summed E-state index contributed by atoms with van der Waals surface area (Å²) in [5.41, 5.74) is 3.96.